The molecule has 0 aliphatic carbocycles. The lowest BCUT2D eigenvalue weighted by atomic mass is 10.0. The van der Waals surface area contributed by atoms with E-state index in [9.17, 15) is 4.39 Å². The first-order chi connectivity index (χ1) is 7.68. The fraction of sp³-hybridized carbons (Fsp3) is 0.462. The molecule has 0 aromatic heterocycles. The highest BCUT2D eigenvalue weighted by molar-refractivity contribution is 5.80. The number of rotatable bonds is 2. The molecule has 0 saturated carbocycles. The molecule has 1 aliphatic rings. The van der Waals surface area contributed by atoms with Crippen LogP contribution >= 0.6 is 0 Å². The first kappa shape index (κ1) is 11.1. The fourth-order valence-electron chi connectivity index (χ4n) is 2.20. The van der Waals surface area contributed by atoms with Crippen molar-refractivity contribution in [1.29, 1.82) is 5.41 Å². The van der Waals surface area contributed by atoms with E-state index in [0.29, 0.717) is 5.84 Å². The predicted octanol–water partition coefficient (Wildman–Crippen LogP) is 3.35. The van der Waals surface area contributed by atoms with E-state index in [-0.39, 0.29) is 11.9 Å². The highest BCUT2D eigenvalue weighted by Gasteiger charge is 2.21. The van der Waals surface area contributed by atoms with Gasteiger partial charge in [-0.2, -0.15) is 0 Å². The molecule has 0 bridgehead atoms. The van der Waals surface area contributed by atoms with Crippen molar-refractivity contribution in [3.8, 4) is 0 Å². The SMILES string of the molecule is CC(c1ccc(F)cc1)N1CCCCC1=N. The fourth-order valence-corrected chi connectivity index (χ4v) is 2.20. The Labute approximate surface area is 95.6 Å². The molecule has 1 aromatic rings. The first-order valence-corrected chi connectivity index (χ1v) is 5.78. The third-order valence-electron chi connectivity index (χ3n) is 3.23. The van der Waals surface area contributed by atoms with Gasteiger partial charge in [0.05, 0.1) is 11.9 Å². The summed E-state index contributed by atoms with van der Waals surface area (Å²) in [5.41, 5.74) is 1.08. The van der Waals surface area contributed by atoms with E-state index in [2.05, 4.69) is 11.8 Å². The van der Waals surface area contributed by atoms with Crippen molar-refractivity contribution in [2.24, 2.45) is 0 Å². The number of hydrogen-bond donors (Lipinski definition) is 1. The molecule has 1 N–H and O–H groups in total. The maximum Gasteiger partial charge on any atom is 0.123 e. The molecule has 1 saturated heterocycles. The Morgan fingerprint density at radius 2 is 1.94 bits per heavy atom. The van der Waals surface area contributed by atoms with Gasteiger partial charge < -0.3 is 4.90 Å². The van der Waals surface area contributed by atoms with Crippen LogP contribution in [0.4, 0.5) is 4.39 Å². The van der Waals surface area contributed by atoms with Gasteiger partial charge in [0.25, 0.3) is 0 Å². The molecule has 0 amide bonds. The Bertz CT molecular complexity index is 372. The Morgan fingerprint density at radius 1 is 1.25 bits per heavy atom. The van der Waals surface area contributed by atoms with Crippen molar-refractivity contribution >= 4 is 5.84 Å². The van der Waals surface area contributed by atoms with Crippen LogP contribution in [0.3, 0.4) is 0 Å². The predicted molar refractivity (Wildman–Crippen MR) is 63.1 cm³/mol. The molecular weight excluding hydrogens is 203 g/mol. The molecule has 1 aliphatic heterocycles. The maximum absolute atomic E-state index is 12.8. The average molecular weight is 220 g/mol. The molecule has 0 radical (unpaired) electrons. The van der Waals surface area contributed by atoms with Gasteiger partial charge in [0.2, 0.25) is 0 Å². The highest BCUT2D eigenvalue weighted by Crippen LogP contribution is 2.25. The number of nitrogens with zero attached hydrogens (tertiary/aromatic N) is 1. The van der Waals surface area contributed by atoms with Crippen LogP contribution in [-0.4, -0.2) is 17.3 Å². The van der Waals surface area contributed by atoms with Crippen LogP contribution in [0, 0.1) is 11.2 Å². The van der Waals surface area contributed by atoms with Crippen LogP contribution in [0.25, 0.3) is 0 Å². The van der Waals surface area contributed by atoms with Gasteiger partial charge >= 0.3 is 0 Å². The topological polar surface area (TPSA) is 27.1 Å². The summed E-state index contributed by atoms with van der Waals surface area (Å²) in [4.78, 5) is 2.11. The number of halogens is 1. The molecule has 86 valence electrons. The smallest absolute Gasteiger partial charge is 0.123 e. The number of amidine groups is 1. The zero-order valence-corrected chi connectivity index (χ0v) is 9.54. The number of piperidine rings is 1. The largest absolute Gasteiger partial charge is 0.354 e. The molecule has 1 unspecified atom stereocenters. The van der Waals surface area contributed by atoms with Crippen LogP contribution < -0.4 is 0 Å². The molecule has 1 atom stereocenters. The first-order valence-electron chi connectivity index (χ1n) is 5.78. The molecule has 3 heteroatoms. The zero-order chi connectivity index (χ0) is 11.5. The third kappa shape index (κ3) is 2.23. The average Bonchev–Trinajstić information content (AvgIpc) is 2.30. The Morgan fingerprint density at radius 3 is 2.56 bits per heavy atom. The molecule has 1 fully saturated rings. The summed E-state index contributed by atoms with van der Waals surface area (Å²) in [6.45, 7) is 3.02. The van der Waals surface area contributed by atoms with Crippen molar-refractivity contribution in [2.75, 3.05) is 6.54 Å². The second kappa shape index (κ2) is 4.64. The minimum absolute atomic E-state index is 0.174. The summed E-state index contributed by atoms with van der Waals surface area (Å²) in [5.74, 6) is 0.507. The van der Waals surface area contributed by atoms with E-state index in [4.69, 9.17) is 5.41 Å². The molecule has 2 nitrogen and oxygen atoms in total. The molecule has 16 heavy (non-hydrogen) atoms. The lowest BCUT2D eigenvalue weighted by molar-refractivity contribution is 0.299. The zero-order valence-electron chi connectivity index (χ0n) is 9.54. The lowest BCUT2D eigenvalue weighted by Gasteiger charge is -2.35. The highest BCUT2D eigenvalue weighted by atomic mass is 19.1. The summed E-state index contributed by atoms with van der Waals surface area (Å²) in [6, 6.07) is 6.76. The van der Waals surface area contributed by atoms with Gasteiger partial charge in [0.1, 0.15) is 5.82 Å². The van der Waals surface area contributed by atoms with Crippen LogP contribution in [-0.2, 0) is 0 Å². The van der Waals surface area contributed by atoms with E-state index in [0.717, 1.165) is 31.4 Å². The second-order valence-electron chi connectivity index (χ2n) is 4.32. The van der Waals surface area contributed by atoms with E-state index >= 15 is 0 Å². The molecule has 1 aromatic carbocycles. The standard InChI is InChI=1S/C13H17FN2/c1-10(11-5-7-12(14)8-6-11)16-9-3-2-4-13(16)15/h5-8,10,15H,2-4,9H2,1H3. The van der Waals surface area contributed by atoms with E-state index in [1.165, 1.54) is 12.1 Å². The summed E-state index contributed by atoms with van der Waals surface area (Å²) in [7, 11) is 0. The van der Waals surface area contributed by atoms with Crippen LogP contribution in [0.1, 0.15) is 37.8 Å². The van der Waals surface area contributed by atoms with Crippen LogP contribution in [0.2, 0.25) is 0 Å². The molecule has 0 spiro atoms. The molecular formula is C13H17FN2. The van der Waals surface area contributed by atoms with Crippen LogP contribution in [0.5, 0.6) is 0 Å². The number of hydrogen-bond acceptors (Lipinski definition) is 1. The van der Waals surface area contributed by atoms with Gasteiger partial charge in [0, 0.05) is 13.0 Å². The summed E-state index contributed by atoms with van der Waals surface area (Å²) in [5, 5.41) is 7.92. The Balaban J connectivity index is 2.14. The van der Waals surface area contributed by atoms with Crippen molar-refractivity contribution in [1.82, 2.24) is 4.90 Å². The number of likely N-dealkylation sites (tertiary alicyclic amines) is 1. The van der Waals surface area contributed by atoms with E-state index < -0.39 is 0 Å². The Hall–Kier alpha value is -1.38. The second-order valence-corrected chi connectivity index (χ2v) is 4.32. The van der Waals surface area contributed by atoms with Crippen molar-refractivity contribution in [3.05, 3.63) is 35.6 Å². The maximum atomic E-state index is 12.8. The minimum Gasteiger partial charge on any atom is -0.354 e. The quantitative estimate of drug-likeness (QED) is 0.813. The van der Waals surface area contributed by atoms with Gasteiger partial charge in [-0.15, -0.1) is 0 Å². The Kier molecular flexibility index (Phi) is 3.22. The number of benzene rings is 1. The normalized spacial score (nSPS) is 18.6. The van der Waals surface area contributed by atoms with E-state index in [1.807, 2.05) is 12.1 Å². The summed E-state index contributed by atoms with van der Waals surface area (Å²) < 4.78 is 12.8. The van der Waals surface area contributed by atoms with Gasteiger partial charge in [0.15, 0.2) is 0 Å². The summed E-state index contributed by atoms with van der Waals surface area (Å²) in [6.07, 6.45) is 3.13. The van der Waals surface area contributed by atoms with Crippen LogP contribution in [0.15, 0.2) is 24.3 Å². The lowest BCUT2D eigenvalue weighted by Crippen LogP contribution is -2.36. The van der Waals surface area contributed by atoms with Crippen molar-refractivity contribution in [2.45, 2.75) is 32.2 Å². The van der Waals surface area contributed by atoms with Gasteiger partial charge in [-0.25, -0.2) is 4.39 Å². The van der Waals surface area contributed by atoms with Crippen molar-refractivity contribution in [3.63, 3.8) is 0 Å². The van der Waals surface area contributed by atoms with Gasteiger partial charge in [-0.05, 0) is 37.5 Å². The number of nitrogens with one attached hydrogen (secondary N) is 1. The monoisotopic (exact) mass is 220 g/mol. The van der Waals surface area contributed by atoms with Gasteiger partial charge in [-0.1, -0.05) is 12.1 Å². The molecule has 1 heterocycles. The molecule has 2 rings (SSSR count). The third-order valence-corrected chi connectivity index (χ3v) is 3.23. The summed E-state index contributed by atoms with van der Waals surface area (Å²) >= 11 is 0. The van der Waals surface area contributed by atoms with E-state index in [1.54, 1.807) is 0 Å². The van der Waals surface area contributed by atoms with Gasteiger partial charge in [-0.3, -0.25) is 5.41 Å². The minimum atomic E-state index is -0.204. The van der Waals surface area contributed by atoms with Crippen molar-refractivity contribution < 1.29 is 4.39 Å².